The minimum Gasteiger partial charge on any atom is -0.335 e. The van der Waals surface area contributed by atoms with E-state index in [0.717, 1.165) is 0 Å². The molecular formula is C11H13N3O3. The molecule has 1 aliphatic rings. The number of rotatable bonds is 2. The second-order valence-electron chi connectivity index (χ2n) is 4.18. The Morgan fingerprint density at radius 2 is 2.18 bits per heavy atom. The van der Waals surface area contributed by atoms with Crippen LogP contribution >= 0.6 is 0 Å². The first-order valence-electron chi connectivity index (χ1n) is 5.29. The summed E-state index contributed by atoms with van der Waals surface area (Å²) in [4.78, 5) is 23.9. The maximum atomic E-state index is 12.0. The Bertz CT molecular complexity index is 481. The molecule has 1 amide bonds. The lowest BCUT2D eigenvalue weighted by Gasteiger charge is -2.37. The number of hydrogen-bond donors (Lipinski definition) is 1. The Morgan fingerprint density at radius 1 is 1.53 bits per heavy atom. The Hall–Kier alpha value is -1.95. The van der Waals surface area contributed by atoms with E-state index in [2.05, 4.69) is 0 Å². The summed E-state index contributed by atoms with van der Waals surface area (Å²) in [5.41, 5.74) is 6.36. The van der Waals surface area contributed by atoms with Crippen molar-refractivity contribution < 1.29 is 9.72 Å². The molecule has 0 radical (unpaired) electrons. The van der Waals surface area contributed by atoms with Gasteiger partial charge in [0.25, 0.3) is 11.6 Å². The molecule has 1 aromatic rings. The summed E-state index contributed by atoms with van der Waals surface area (Å²) in [7, 11) is 0. The van der Waals surface area contributed by atoms with Crippen LogP contribution in [0.25, 0.3) is 0 Å². The van der Waals surface area contributed by atoms with E-state index in [1.54, 1.807) is 17.9 Å². The highest BCUT2D eigenvalue weighted by Crippen LogP contribution is 2.23. The number of carbonyl (C=O) groups is 1. The van der Waals surface area contributed by atoms with Crippen LogP contribution in [-0.4, -0.2) is 34.9 Å². The van der Waals surface area contributed by atoms with Gasteiger partial charge in [-0.1, -0.05) is 6.07 Å². The molecule has 1 heterocycles. The Morgan fingerprint density at radius 3 is 2.71 bits per heavy atom. The van der Waals surface area contributed by atoms with Crippen molar-refractivity contribution in [1.82, 2.24) is 4.90 Å². The van der Waals surface area contributed by atoms with E-state index in [9.17, 15) is 14.9 Å². The molecule has 0 bridgehead atoms. The third-order valence-electron chi connectivity index (χ3n) is 2.93. The zero-order chi connectivity index (χ0) is 12.6. The van der Waals surface area contributed by atoms with E-state index < -0.39 is 4.92 Å². The van der Waals surface area contributed by atoms with Crippen molar-refractivity contribution in [2.45, 2.75) is 13.0 Å². The number of nitro benzene ring substituents is 1. The fraction of sp³-hybridized carbons (Fsp3) is 0.364. The van der Waals surface area contributed by atoms with Gasteiger partial charge in [0, 0.05) is 36.3 Å². The predicted molar refractivity (Wildman–Crippen MR) is 61.7 cm³/mol. The number of hydrogen-bond acceptors (Lipinski definition) is 4. The molecule has 0 saturated carbocycles. The first-order chi connectivity index (χ1) is 8.00. The number of benzene rings is 1. The molecule has 90 valence electrons. The van der Waals surface area contributed by atoms with Crippen molar-refractivity contribution >= 4 is 11.6 Å². The summed E-state index contributed by atoms with van der Waals surface area (Å²) < 4.78 is 0. The van der Waals surface area contributed by atoms with Gasteiger partial charge in [0.2, 0.25) is 0 Å². The molecule has 2 N–H and O–H groups in total. The van der Waals surface area contributed by atoms with Gasteiger partial charge in [-0.3, -0.25) is 14.9 Å². The van der Waals surface area contributed by atoms with Crippen LogP contribution in [-0.2, 0) is 0 Å². The first-order valence-corrected chi connectivity index (χ1v) is 5.29. The molecule has 0 unspecified atom stereocenters. The van der Waals surface area contributed by atoms with E-state index in [1.165, 1.54) is 12.1 Å². The molecule has 0 aromatic heterocycles. The largest absolute Gasteiger partial charge is 0.335 e. The SMILES string of the molecule is Cc1c(C(=O)N2CC(N)C2)cccc1[N+](=O)[O-]. The molecule has 1 aromatic carbocycles. The topological polar surface area (TPSA) is 89.5 Å². The number of likely N-dealkylation sites (tertiary alicyclic amines) is 1. The number of nitrogens with two attached hydrogens (primary N) is 1. The van der Waals surface area contributed by atoms with Crippen molar-refractivity contribution in [3.8, 4) is 0 Å². The van der Waals surface area contributed by atoms with Crippen LogP contribution in [0.1, 0.15) is 15.9 Å². The van der Waals surface area contributed by atoms with Crippen LogP contribution in [0, 0.1) is 17.0 Å². The minimum atomic E-state index is -0.478. The monoisotopic (exact) mass is 235 g/mol. The molecule has 6 heteroatoms. The van der Waals surface area contributed by atoms with Crippen molar-refractivity contribution in [3.63, 3.8) is 0 Å². The second-order valence-corrected chi connectivity index (χ2v) is 4.18. The lowest BCUT2D eigenvalue weighted by Crippen LogP contribution is -2.57. The van der Waals surface area contributed by atoms with Gasteiger partial charge in [0.15, 0.2) is 0 Å². The molecule has 1 fully saturated rings. The molecule has 6 nitrogen and oxygen atoms in total. The summed E-state index contributed by atoms with van der Waals surface area (Å²) in [5, 5.41) is 10.8. The fourth-order valence-corrected chi connectivity index (χ4v) is 1.90. The van der Waals surface area contributed by atoms with Gasteiger partial charge in [0.1, 0.15) is 0 Å². The molecular weight excluding hydrogens is 222 g/mol. The quantitative estimate of drug-likeness (QED) is 0.603. The number of carbonyl (C=O) groups excluding carboxylic acids is 1. The van der Waals surface area contributed by atoms with Gasteiger partial charge in [-0.2, -0.15) is 0 Å². The zero-order valence-electron chi connectivity index (χ0n) is 9.42. The summed E-state index contributed by atoms with van der Waals surface area (Å²) >= 11 is 0. The molecule has 0 aliphatic carbocycles. The molecule has 0 atom stereocenters. The highest BCUT2D eigenvalue weighted by Gasteiger charge is 2.30. The summed E-state index contributed by atoms with van der Waals surface area (Å²) in [6.07, 6.45) is 0. The van der Waals surface area contributed by atoms with Crippen LogP contribution in [0.3, 0.4) is 0 Å². The van der Waals surface area contributed by atoms with Crippen LogP contribution < -0.4 is 5.73 Å². The van der Waals surface area contributed by atoms with Gasteiger partial charge in [-0.05, 0) is 13.0 Å². The van der Waals surface area contributed by atoms with Crippen LogP contribution in [0.4, 0.5) is 5.69 Å². The Kier molecular flexibility index (Phi) is 2.81. The van der Waals surface area contributed by atoms with E-state index in [1.807, 2.05) is 0 Å². The molecule has 2 rings (SSSR count). The summed E-state index contributed by atoms with van der Waals surface area (Å²) in [6, 6.07) is 4.55. The van der Waals surface area contributed by atoms with E-state index in [0.29, 0.717) is 24.2 Å². The van der Waals surface area contributed by atoms with Gasteiger partial charge in [-0.15, -0.1) is 0 Å². The number of nitro groups is 1. The predicted octanol–water partition coefficient (Wildman–Crippen LogP) is 0.686. The Balaban J connectivity index is 2.30. The van der Waals surface area contributed by atoms with Crippen molar-refractivity contribution in [3.05, 3.63) is 39.4 Å². The minimum absolute atomic E-state index is 0.0259. The summed E-state index contributed by atoms with van der Waals surface area (Å²) in [6.45, 7) is 2.62. The van der Waals surface area contributed by atoms with Gasteiger partial charge >= 0.3 is 0 Å². The molecule has 17 heavy (non-hydrogen) atoms. The summed E-state index contributed by atoms with van der Waals surface area (Å²) in [5.74, 6) is -0.187. The second kappa shape index (κ2) is 4.14. The van der Waals surface area contributed by atoms with Crippen molar-refractivity contribution in [2.24, 2.45) is 5.73 Å². The normalized spacial score (nSPS) is 15.5. The third kappa shape index (κ3) is 1.99. The average Bonchev–Trinajstić information content (AvgIpc) is 2.24. The van der Waals surface area contributed by atoms with Crippen molar-refractivity contribution in [1.29, 1.82) is 0 Å². The van der Waals surface area contributed by atoms with E-state index in [4.69, 9.17) is 5.73 Å². The molecule has 1 saturated heterocycles. The maximum Gasteiger partial charge on any atom is 0.273 e. The van der Waals surface area contributed by atoms with Crippen LogP contribution in [0.2, 0.25) is 0 Å². The number of amides is 1. The van der Waals surface area contributed by atoms with Gasteiger partial charge in [-0.25, -0.2) is 0 Å². The number of nitrogens with zero attached hydrogens (tertiary/aromatic N) is 2. The standard InChI is InChI=1S/C11H13N3O3/c1-7-9(3-2-4-10(7)14(16)17)11(15)13-5-8(12)6-13/h2-4,8H,5-6,12H2,1H3. The fourth-order valence-electron chi connectivity index (χ4n) is 1.90. The molecule has 1 aliphatic heterocycles. The van der Waals surface area contributed by atoms with Gasteiger partial charge in [0.05, 0.1) is 4.92 Å². The maximum absolute atomic E-state index is 12.0. The molecule has 0 spiro atoms. The highest BCUT2D eigenvalue weighted by molar-refractivity contribution is 5.97. The highest BCUT2D eigenvalue weighted by atomic mass is 16.6. The lowest BCUT2D eigenvalue weighted by molar-refractivity contribution is -0.385. The van der Waals surface area contributed by atoms with E-state index >= 15 is 0 Å². The smallest absolute Gasteiger partial charge is 0.273 e. The van der Waals surface area contributed by atoms with Gasteiger partial charge < -0.3 is 10.6 Å². The average molecular weight is 235 g/mol. The Labute approximate surface area is 98.2 Å². The van der Waals surface area contributed by atoms with Crippen LogP contribution in [0.15, 0.2) is 18.2 Å². The lowest BCUT2D eigenvalue weighted by atomic mass is 10.0. The first kappa shape index (κ1) is 11.5. The van der Waals surface area contributed by atoms with E-state index in [-0.39, 0.29) is 17.6 Å². The zero-order valence-corrected chi connectivity index (χ0v) is 9.42. The third-order valence-corrected chi connectivity index (χ3v) is 2.93. The van der Waals surface area contributed by atoms with Crippen molar-refractivity contribution in [2.75, 3.05) is 13.1 Å². The van der Waals surface area contributed by atoms with Crippen LogP contribution in [0.5, 0.6) is 0 Å².